The van der Waals surface area contributed by atoms with E-state index in [2.05, 4.69) is 39.9 Å². The van der Waals surface area contributed by atoms with Crippen LogP contribution in [0.3, 0.4) is 0 Å². The van der Waals surface area contributed by atoms with Crippen molar-refractivity contribution in [2.24, 2.45) is 0 Å². The quantitative estimate of drug-likeness (QED) is 0.304. The standard InChI is InChI=1S/C25H24ClN3O2/c26-21-7-6-19(24-20(21)14-28-25(24)31)23-12-17-11-16(3-8-22(17)29-23)13-27-18-4-1-15(2-5-18)9-10-30/h1-8,11-12,25,27-31H,9-10,13-14H2. The number of halogens is 1. The molecule has 4 aromatic rings. The van der Waals surface area contributed by atoms with E-state index in [4.69, 9.17) is 16.7 Å². The Hall–Kier alpha value is -2.83. The Bertz CT molecular complexity index is 1230. The predicted molar refractivity (Wildman–Crippen MR) is 125 cm³/mol. The van der Waals surface area contributed by atoms with Gasteiger partial charge in [0.25, 0.3) is 0 Å². The van der Waals surface area contributed by atoms with E-state index in [1.165, 1.54) is 5.56 Å². The van der Waals surface area contributed by atoms with Gasteiger partial charge in [0.1, 0.15) is 6.23 Å². The molecule has 1 unspecified atom stereocenters. The number of aliphatic hydroxyl groups excluding tert-OH is 2. The minimum atomic E-state index is -0.710. The van der Waals surface area contributed by atoms with E-state index in [-0.39, 0.29) is 6.61 Å². The molecule has 6 heteroatoms. The van der Waals surface area contributed by atoms with Crippen LogP contribution in [0.15, 0.2) is 60.7 Å². The van der Waals surface area contributed by atoms with Gasteiger partial charge in [-0.2, -0.15) is 0 Å². The van der Waals surface area contributed by atoms with Crippen molar-refractivity contribution < 1.29 is 10.2 Å². The summed E-state index contributed by atoms with van der Waals surface area (Å²) in [5.74, 6) is 0. The number of fused-ring (bicyclic) bond motifs is 2. The van der Waals surface area contributed by atoms with Crippen LogP contribution in [0.5, 0.6) is 0 Å². The highest BCUT2D eigenvalue weighted by atomic mass is 35.5. The van der Waals surface area contributed by atoms with Gasteiger partial charge in [0.15, 0.2) is 0 Å². The average Bonchev–Trinajstić information content (AvgIpc) is 3.38. The molecule has 0 bridgehead atoms. The molecule has 0 saturated carbocycles. The number of aliphatic hydroxyl groups is 2. The first-order chi connectivity index (χ1) is 15.1. The topological polar surface area (TPSA) is 80.3 Å². The number of H-pyrrole nitrogens is 1. The molecule has 0 aliphatic carbocycles. The molecule has 1 aromatic heterocycles. The van der Waals surface area contributed by atoms with Gasteiger partial charge in [-0.15, -0.1) is 0 Å². The van der Waals surface area contributed by atoms with E-state index in [9.17, 15) is 5.11 Å². The lowest BCUT2D eigenvalue weighted by Crippen LogP contribution is -2.10. The lowest BCUT2D eigenvalue weighted by molar-refractivity contribution is 0.152. The first-order valence-corrected chi connectivity index (χ1v) is 10.8. The molecular weight excluding hydrogens is 410 g/mol. The molecule has 5 nitrogen and oxygen atoms in total. The van der Waals surface area contributed by atoms with E-state index in [1.54, 1.807) is 0 Å². The Morgan fingerprint density at radius 2 is 1.81 bits per heavy atom. The first kappa shape index (κ1) is 20.1. The smallest absolute Gasteiger partial charge is 0.132 e. The summed E-state index contributed by atoms with van der Waals surface area (Å²) in [7, 11) is 0. The SMILES string of the molecule is OCCc1ccc(NCc2ccc3[nH]c(-c4ccc(Cl)c5c4C(O)NC5)cc3c2)cc1. The number of anilines is 1. The number of benzene rings is 3. The van der Waals surface area contributed by atoms with Crippen LogP contribution in [0.2, 0.25) is 5.02 Å². The Morgan fingerprint density at radius 3 is 2.61 bits per heavy atom. The average molecular weight is 434 g/mol. The number of hydrogen-bond acceptors (Lipinski definition) is 4. The molecular formula is C25H24ClN3O2. The van der Waals surface area contributed by atoms with Crippen molar-refractivity contribution in [3.05, 3.63) is 87.9 Å². The molecule has 158 valence electrons. The van der Waals surface area contributed by atoms with Crippen LogP contribution in [0.4, 0.5) is 5.69 Å². The summed E-state index contributed by atoms with van der Waals surface area (Å²) in [6.45, 7) is 1.45. The second-order valence-corrected chi connectivity index (χ2v) is 8.31. The summed E-state index contributed by atoms with van der Waals surface area (Å²) in [4.78, 5) is 3.48. The number of aromatic nitrogens is 1. The molecule has 2 heterocycles. The zero-order valence-electron chi connectivity index (χ0n) is 17.0. The lowest BCUT2D eigenvalue weighted by atomic mass is 10.00. The molecule has 0 fully saturated rings. The highest BCUT2D eigenvalue weighted by molar-refractivity contribution is 6.31. The molecule has 1 atom stereocenters. The fourth-order valence-corrected chi connectivity index (χ4v) is 4.46. The third-order valence-electron chi connectivity index (χ3n) is 5.87. The third-order valence-corrected chi connectivity index (χ3v) is 6.23. The first-order valence-electron chi connectivity index (χ1n) is 10.4. The predicted octanol–water partition coefficient (Wildman–Crippen LogP) is 4.73. The highest BCUT2D eigenvalue weighted by Crippen LogP contribution is 2.38. The van der Waals surface area contributed by atoms with Crippen LogP contribution in [-0.2, 0) is 19.5 Å². The van der Waals surface area contributed by atoms with Crippen LogP contribution >= 0.6 is 11.6 Å². The third kappa shape index (κ3) is 3.93. The van der Waals surface area contributed by atoms with Crippen molar-refractivity contribution in [2.75, 3.05) is 11.9 Å². The Balaban J connectivity index is 1.38. The summed E-state index contributed by atoms with van der Waals surface area (Å²) in [6, 6.07) is 20.5. The normalized spacial score (nSPS) is 15.4. The van der Waals surface area contributed by atoms with E-state index in [1.807, 2.05) is 36.4 Å². The minimum Gasteiger partial charge on any atom is -0.396 e. The van der Waals surface area contributed by atoms with Crippen molar-refractivity contribution in [1.82, 2.24) is 10.3 Å². The van der Waals surface area contributed by atoms with Crippen molar-refractivity contribution in [3.63, 3.8) is 0 Å². The molecule has 1 aliphatic rings. The van der Waals surface area contributed by atoms with Crippen LogP contribution in [0.25, 0.3) is 22.2 Å². The van der Waals surface area contributed by atoms with Gasteiger partial charge in [0, 0.05) is 58.1 Å². The summed E-state index contributed by atoms with van der Waals surface area (Å²) in [5, 5.41) is 27.7. The van der Waals surface area contributed by atoms with Crippen LogP contribution in [-0.4, -0.2) is 21.8 Å². The Labute approximate surface area is 185 Å². The lowest BCUT2D eigenvalue weighted by Gasteiger charge is -2.11. The second-order valence-electron chi connectivity index (χ2n) is 7.90. The largest absolute Gasteiger partial charge is 0.396 e. The van der Waals surface area contributed by atoms with Gasteiger partial charge in [0.05, 0.1) is 0 Å². The summed E-state index contributed by atoms with van der Waals surface area (Å²) < 4.78 is 0. The van der Waals surface area contributed by atoms with Crippen LogP contribution in [0, 0.1) is 0 Å². The highest BCUT2D eigenvalue weighted by Gasteiger charge is 2.26. The molecule has 3 aromatic carbocycles. The van der Waals surface area contributed by atoms with Crippen LogP contribution < -0.4 is 10.6 Å². The maximum Gasteiger partial charge on any atom is 0.132 e. The zero-order chi connectivity index (χ0) is 21.4. The molecule has 0 spiro atoms. The van der Waals surface area contributed by atoms with E-state index in [0.717, 1.165) is 51.1 Å². The Morgan fingerprint density at radius 1 is 1.00 bits per heavy atom. The fourth-order valence-electron chi connectivity index (χ4n) is 4.23. The molecule has 0 radical (unpaired) electrons. The Kier molecular flexibility index (Phi) is 5.42. The van der Waals surface area contributed by atoms with Crippen molar-refractivity contribution >= 4 is 28.2 Å². The number of hydrogen-bond donors (Lipinski definition) is 5. The van der Waals surface area contributed by atoms with Gasteiger partial charge in [0.2, 0.25) is 0 Å². The van der Waals surface area contributed by atoms with Crippen LogP contribution in [0.1, 0.15) is 28.5 Å². The summed E-state index contributed by atoms with van der Waals surface area (Å²) in [5.41, 5.74) is 8.16. The van der Waals surface area contributed by atoms with Gasteiger partial charge in [-0.05, 0) is 59.5 Å². The van der Waals surface area contributed by atoms with Crippen molar-refractivity contribution in [3.8, 4) is 11.3 Å². The molecule has 0 saturated heterocycles. The second kappa shape index (κ2) is 8.36. The van der Waals surface area contributed by atoms with Crippen molar-refractivity contribution in [2.45, 2.75) is 25.7 Å². The number of rotatable bonds is 6. The fraction of sp³-hybridized carbons (Fsp3) is 0.200. The van der Waals surface area contributed by atoms with Gasteiger partial charge in [-0.25, -0.2) is 0 Å². The molecule has 5 N–H and O–H groups in total. The maximum atomic E-state index is 10.4. The number of nitrogens with one attached hydrogen (secondary N) is 3. The van der Waals surface area contributed by atoms with Gasteiger partial charge in [-0.3, -0.25) is 5.32 Å². The molecule has 31 heavy (non-hydrogen) atoms. The zero-order valence-corrected chi connectivity index (χ0v) is 17.7. The van der Waals surface area contributed by atoms with E-state index in [0.29, 0.717) is 18.0 Å². The summed E-state index contributed by atoms with van der Waals surface area (Å²) >= 11 is 6.32. The van der Waals surface area contributed by atoms with Crippen molar-refractivity contribution in [1.29, 1.82) is 0 Å². The van der Waals surface area contributed by atoms with Gasteiger partial charge in [-0.1, -0.05) is 35.9 Å². The van der Waals surface area contributed by atoms with E-state index < -0.39 is 6.23 Å². The maximum absolute atomic E-state index is 10.4. The van der Waals surface area contributed by atoms with E-state index >= 15 is 0 Å². The van der Waals surface area contributed by atoms with Gasteiger partial charge >= 0.3 is 0 Å². The molecule has 0 amide bonds. The summed E-state index contributed by atoms with van der Waals surface area (Å²) in [6.07, 6.45) is -0.0323. The number of aromatic amines is 1. The minimum absolute atomic E-state index is 0.166. The monoisotopic (exact) mass is 433 g/mol. The molecule has 5 rings (SSSR count). The van der Waals surface area contributed by atoms with Gasteiger partial charge < -0.3 is 20.5 Å². The molecule has 1 aliphatic heterocycles.